The Balaban J connectivity index is 2.97. The molecule has 0 bridgehead atoms. The van der Waals surface area contributed by atoms with Gasteiger partial charge >= 0.3 is 0 Å². The molecule has 0 aromatic carbocycles. The van der Waals surface area contributed by atoms with Gasteiger partial charge in [-0.05, 0) is 12.8 Å². The van der Waals surface area contributed by atoms with Crippen LogP contribution in [0.3, 0.4) is 0 Å². The predicted molar refractivity (Wildman–Crippen MR) is 46.5 cm³/mol. The van der Waals surface area contributed by atoms with E-state index in [1.165, 1.54) is 19.3 Å². The third-order valence-corrected chi connectivity index (χ3v) is 1.85. The molecular weight excluding hydrogens is 140 g/mol. The van der Waals surface area contributed by atoms with Crippen LogP contribution in [-0.2, 0) is 0 Å². The molecule has 0 aliphatic rings. The van der Waals surface area contributed by atoms with Crippen LogP contribution in [0.5, 0.6) is 0 Å². The minimum Gasteiger partial charge on any atom is -0.396 e. The quantitative estimate of drug-likeness (QED) is 0.556. The Hall–Kier alpha value is -0.0800. The number of aliphatic hydroxyl groups is 2. The number of unbranched alkanes of at least 4 members (excludes halogenated alkanes) is 3. The third kappa shape index (κ3) is 7.82. The summed E-state index contributed by atoms with van der Waals surface area (Å²) in [5.74, 6) is 0. The van der Waals surface area contributed by atoms with Gasteiger partial charge in [-0.2, -0.15) is 0 Å². The lowest BCUT2D eigenvalue weighted by atomic mass is 10.1. The van der Waals surface area contributed by atoms with Gasteiger partial charge in [0.05, 0.1) is 6.10 Å². The van der Waals surface area contributed by atoms with Gasteiger partial charge in [-0.3, -0.25) is 0 Å². The SMILES string of the molecule is CCCCCC[C@H](O)CCO. The molecule has 0 aliphatic heterocycles. The van der Waals surface area contributed by atoms with E-state index in [1.54, 1.807) is 0 Å². The minimum absolute atomic E-state index is 0.106. The summed E-state index contributed by atoms with van der Waals surface area (Å²) >= 11 is 0. The van der Waals surface area contributed by atoms with E-state index in [-0.39, 0.29) is 12.7 Å². The third-order valence-electron chi connectivity index (χ3n) is 1.85. The van der Waals surface area contributed by atoms with Gasteiger partial charge < -0.3 is 10.2 Å². The van der Waals surface area contributed by atoms with Crippen molar-refractivity contribution < 1.29 is 10.2 Å². The smallest absolute Gasteiger partial charge is 0.0562 e. The summed E-state index contributed by atoms with van der Waals surface area (Å²) < 4.78 is 0. The average molecular weight is 160 g/mol. The number of rotatable bonds is 7. The maximum atomic E-state index is 9.19. The van der Waals surface area contributed by atoms with E-state index >= 15 is 0 Å². The van der Waals surface area contributed by atoms with E-state index < -0.39 is 0 Å². The topological polar surface area (TPSA) is 40.5 Å². The van der Waals surface area contributed by atoms with Crippen LogP contribution in [0.15, 0.2) is 0 Å². The highest BCUT2D eigenvalue weighted by molar-refractivity contribution is 4.54. The highest BCUT2D eigenvalue weighted by Gasteiger charge is 2.01. The fourth-order valence-electron chi connectivity index (χ4n) is 1.10. The van der Waals surface area contributed by atoms with Crippen molar-refractivity contribution in [2.24, 2.45) is 0 Å². The van der Waals surface area contributed by atoms with Crippen LogP contribution < -0.4 is 0 Å². The predicted octanol–water partition coefficient (Wildman–Crippen LogP) is 1.70. The summed E-state index contributed by atoms with van der Waals surface area (Å²) in [6.45, 7) is 2.28. The second kappa shape index (κ2) is 8.02. The van der Waals surface area contributed by atoms with Crippen molar-refractivity contribution >= 4 is 0 Å². The van der Waals surface area contributed by atoms with Crippen LogP contribution in [0.4, 0.5) is 0 Å². The van der Waals surface area contributed by atoms with Crippen LogP contribution in [0, 0.1) is 0 Å². The summed E-state index contributed by atoms with van der Waals surface area (Å²) in [6, 6.07) is 0. The molecule has 2 N–H and O–H groups in total. The molecule has 0 radical (unpaired) electrons. The Kier molecular flexibility index (Phi) is 7.96. The van der Waals surface area contributed by atoms with E-state index in [0.29, 0.717) is 6.42 Å². The van der Waals surface area contributed by atoms with Crippen molar-refractivity contribution in [3.05, 3.63) is 0 Å². The molecule has 0 rings (SSSR count). The first-order valence-electron chi connectivity index (χ1n) is 4.60. The molecule has 0 saturated carbocycles. The Labute approximate surface area is 69.2 Å². The van der Waals surface area contributed by atoms with Gasteiger partial charge in [0.15, 0.2) is 0 Å². The Morgan fingerprint density at radius 1 is 1.09 bits per heavy atom. The van der Waals surface area contributed by atoms with Crippen molar-refractivity contribution in [3.63, 3.8) is 0 Å². The molecule has 0 fully saturated rings. The summed E-state index contributed by atoms with van der Waals surface area (Å²) in [5, 5.41) is 17.7. The van der Waals surface area contributed by atoms with E-state index in [1.807, 2.05) is 0 Å². The molecule has 0 spiro atoms. The molecule has 0 amide bonds. The van der Waals surface area contributed by atoms with Gasteiger partial charge in [-0.15, -0.1) is 0 Å². The minimum atomic E-state index is -0.281. The van der Waals surface area contributed by atoms with Crippen molar-refractivity contribution in [1.82, 2.24) is 0 Å². The molecule has 0 aromatic rings. The van der Waals surface area contributed by atoms with Gasteiger partial charge in [0.1, 0.15) is 0 Å². The lowest BCUT2D eigenvalue weighted by Gasteiger charge is -2.07. The highest BCUT2D eigenvalue weighted by atomic mass is 16.3. The van der Waals surface area contributed by atoms with Crippen molar-refractivity contribution in [2.45, 2.75) is 51.6 Å². The standard InChI is InChI=1S/C9H20O2/c1-2-3-4-5-6-9(11)7-8-10/h9-11H,2-8H2,1H3/t9-/m0/s1. The fraction of sp³-hybridized carbons (Fsp3) is 1.00. The van der Waals surface area contributed by atoms with Gasteiger partial charge in [-0.25, -0.2) is 0 Å². The van der Waals surface area contributed by atoms with Crippen LogP contribution in [0.1, 0.15) is 45.4 Å². The molecule has 0 saturated heterocycles. The molecule has 2 nitrogen and oxygen atoms in total. The zero-order valence-corrected chi connectivity index (χ0v) is 7.42. The van der Waals surface area contributed by atoms with Crippen molar-refractivity contribution in [3.8, 4) is 0 Å². The number of aliphatic hydroxyl groups excluding tert-OH is 2. The Bertz CT molecular complexity index is 74.0. The van der Waals surface area contributed by atoms with Crippen LogP contribution >= 0.6 is 0 Å². The second-order valence-corrected chi connectivity index (χ2v) is 3.02. The molecule has 1 atom stereocenters. The first kappa shape index (κ1) is 10.9. The molecule has 0 unspecified atom stereocenters. The van der Waals surface area contributed by atoms with Gasteiger partial charge in [0.2, 0.25) is 0 Å². The Morgan fingerprint density at radius 3 is 2.36 bits per heavy atom. The summed E-state index contributed by atoms with van der Waals surface area (Å²) in [6.07, 6.45) is 5.89. The van der Waals surface area contributed by atoms with Crippen LogP contribution in [-0.4, -0.2) is 22.9 Å². The molecule has 0 aromatic heterocycles. The van der Waals surface area contributed by atoms with Crippen molar-refractivity contribution in [2.75, 3.05) is 6.61 Å². The molecule has 0 heterocycles. The number of hydrogen-bond donors (Lipinski definition) is 2. The number of hydrogen-bond acceptors (Lipinski definition) is 2. The zero-order chi connectivity index (χ0) is 8.53. The first-order valence-corrected chi connectivity index (χ1v) is 4.60. The van der Waals surface area contributed by atoms with Gasteiger partial charge in [0.25, 0.3) is 0 Å². The average Bonchev–Trinajstić information content (AvgIpc) is 1.99. The summed E-state index contributed by atoms with van der Waals surface area (Å²) in [7, 11) is 0. The van der Waals surface area contributed by atoms with E-state index in [2.05, 4.69) is 6.92 Å². The maximum Gasteiger partial charge on any atom is 0.0562 e. The fourth-order valence-corrected chi connectivity index (χ4v) is 1.10. The van der Waals surface area contributed by atoms with E-state index in [4.69, 9.17) is 5.11 Å². The summed E-state index contributed by atoms with van der Waals surface area (Å²) in [4.78, 5) is 0. The molecule has 2 heteroatoms. The van der Waals surface area contributed by atoms with Crippen LogP contribution in [0.25, 0.3) is 0 Å². The monoisotopic (exact) mass is 160 g/mol. The van der Waals surface area contributed by atoms with E-state index in [9.17, 15) is 5.11 Å². The molecule has 68 valence electrons. The normalized spacial score (nSPS) is 13.4. The molecule has 0 aliphatic carbocycles. The maximum absolute atomic E-state index is 9.19. The summed E-state index contributed by atoms with van der Waals surface area (Å²) in [5.41, 5.74) is 0. The zero-order valence-electron chi connectivity index (χ0n) is 7.42. The molecule has 11 heavy (non-hydrogen) atoms. The van der Waals surface area contributed by atoms with Gasteiger partial charge in [-0.1, -0.05) is 32.6 Å². The second-order valence-electron chi connectivity index (χ2n) is 3.02. The van der Waals surface area contributed by atoms with Gasteiger partial charge in [0, 0.05) is 6.61 Å². The largest absolute Gasteiger partial charge is 0.396 e. The van der Waals surface area contributed by atoms with Crippen molar-refractivity contribution in [1.29, 1.82) is 0 Å². The van der Waals surface area contributed by atoms with E-state index in [0.717, 1.165) is 12.8 Å². The lowest BCUT2D eigenvalue weighted by molar-refractivity contribution is 0.122. The molecular formula is C9H20O2. The van der Waals surface area contributed by atoms with Crippen LogP contribution in [0.2, 0.25) is 0 Å². The Morgan fingerprint density at radius 2 is 1.82 bits per heavy atom. The highest BCUT2D eigenvalue weighted by Crippen LogP contribution is 2.06. The lowest BCUT2D eigenvalue weighted by Crippen LogP contribution is -2.08. The first-order chi connectivity index (χ1) is 5.31.